The van der Waals surface area contributed by atoms with Gasteiger partial charge in [0.1, 0.15) is 29.4 Å². The Kier molecular flexibility index (Phi) is 12.1. The molecule has 2 aromatic rings. The molecular weight excluding hydrogens is 730 g/mol. The van der Waals surface area contributed by atoms with Crippen LogP contribution in [0.2, 0.25) is 0 Å². The number of benzene rings is 2. The van der Waals surface area contributed by atoms with Crippen LogP contribution in [0.1, 0.15) is 42.9 Å². The predicted molar refractivity (Wildman–Crippen MR) is 201 cm³/mol. The number of rotatable bonds is 13. The van der Waals surface area contributed by atoms with Gasteiger partial charge in [-0.2, -0.15) is 0 Å². The van der Waals surface area contributed by atoms with Crippen LogP contribution in [-0.2, 0) is 46.3 Å². The first-order valence-electron chi connectivity index (χ1n) is 18.1. The highest BCUT2D eigenvalue weighted by Crippen LogP contribution is 2.54. The van der Waals surface area contributed by atoms with Crippen molar-refractivity contribution in [2.75, 3.05) is 58.3 Å². The standard InChI is InChI=1S/C39H47N5O12/c1-6-7-13-44(38(53)56-19-55-27(46)14-20-11-9-8-10-12-20)18-26(45)41-24-17-25(42(2)3)22-15-21-16-23-31(43(4)5)34(49)30(37(40)52)36(51)39(23,54)35(50)28(21)33(48)29(22)32(24)47/h8-12,17,21,23,31,47-48,51,54H,6-7,13-16,18-19H2,1-5H3,(H2,40,52)(H,41,45)/t21-,23-,31-,39-/m0/s1. The average molecular weight is 778 g/mol. The number of nitrogens with two attached hydrogens (primary N) is 1. The van der Waals surface area contributed by atoms with E-state index in [-0.39, 0.29) is 42.6 Å². The number of Topliss-reactive ketones (excluding diaryl/α,β-unsaturated/α-hetero) is 2. The van der Waals surface area contributed by atoms with Crippen molar-refractivity contribution in [3.8, 4) is 5.75 Å². The van der Waals surface area contributed by atoms with E-state index in [1.807, 2.05) is 6.92 Å². The molecule has 1 fully saturated rings. The highest BCUT2D eigenvalue weighted by atomic mass is 16.7. The van der Waals surface area contributed by atoms with Crippen LogP contribution in [0.25, 0.3) is 5.76 Å². The second kappa shape index (κ2) is 16.4. The summed E-state index contributed by atoms with van der Waals surface area (Å²) in [5.41, 5.74) is 2.47. The molecule has 0 aliphatic heterocycles. The summed E-state index contributed by atoms with van der Waals surface area (Å²) >= 11 is 0. The Hall–Kier alpha value is -5.94. The van der Waals surface area contributed by atoms with E-state index in [9.17, 15) is 49.2 Å². The topological polar surface area (TPSA) is 250 Å². The Balaban J connectivity index is 1.42. The maximum Gasteiger partial charge on any atom is 0.413 e. The quantitative estimate of drug-likeness (QED) is 0.0737. The number of aliphatic hydroxyl groups excluding tert-OH is 2. The van der Waals surface area contributed by atoms with Gasteiger partial charge in [0.25, 0.3) is 5.91 Å². The normalized spacial score (nSPS) is 21.5. The number of nitrogens with zero attached hydrogens (tertiary/aromatic N) is 3. The Morgan fingerprint density at radius 2 is 1.70 bits per heavy atom. The van der Waals surface area contributed by atoms with Gasteiger partial charge in [0.05, 0.1) is 23.7 Å². The third-order valence-corrected chi connectivity index (χ3v) is 10.4. The first-order chi connectivity index (χ1) is 26.4. The highest BCUT2D eigenvalue weighted by molar-refractivity contribution is 6.24. The molecule has 3 aliphatic carbocycles. The van der Waals surface area contributed by atoms with E-state index in [4.69, 9.17) is 15.2 Å². The van der Waals surface area contributed by atoms with Crippen LogP contribution in [-0.4, -0.2) is 125 Å². The molecule has 2 aromatic carbocycles. The lowest BCUT2D eigenvalue weighted by atomic mass is 9.57. The lowest BCUT2D eigenvalue weighted by Crippen LogP contribution is -2.65. The van der Waals surface area contributed by atoms with Gasteiger partial charge in [-0.1, -0.05) is 43.7 Å². The molecule has 0 aromatic heterocycles. The number of ketones is 2. The molecule has 0 heterocycles. The molecule has 7 N–H and O–H groups in total. The molecule has 1 saturated carbocycles. The van der Waals surface area contributed by atoms with Crippen molar-refractivity contribution in [3.05, 3.63) is 70.0 Å². The second-order valence-electron chi connectivity index (χ2n) is 14.5. The van der Waals surface area contributed by atoms with Crippen LogP contribution >= 0.6 is 0 Å². The molecule has 0 saturated heterocycles. The van der Waals surface area contributed by atoms with Gasteiger partial charge >= 0.3 is 12.1 Å². The van der Waals surface area contributed by atoms with E-state index >= 15 is 0 Å². The summed E-state index contributed by atoms with van der Waals surface area (Å²) in [4.78, 5) is 82.8. The summed E-state index contributed by atoms with van der Waals surface area (Å²) in [6.07, 6.45) is 0.162. The summed E-state index contributed by atoms with van der Waals surface area (Å²) in [7, 11) is 6.40. The van der Waals surface area contributed by atoms with E-state index in [1.165, 1.54) is 25.1 Å². The number of ether oxygens (including phenoxy) is 2. The zero-order valence-electron chi connectivity index (χ0n) is 31.8. The summed E-state index contributed by atoms with van der Waals surface area (Å²) in [6, 6.07) is 9.07. The number of nitrogens with one attached hydrogen (secondary N) is 1. The second-order valence-corrected chi connectivity index (χ2v) is 14.5. The van der Waals surface area contributed by atoms with Crippen molar-refractivity contribution >= 4 is 52.6 Å². The zero-order valence-corrected chi connectivity index (χ0v) is 31.8. The number of unbranched alkanes of at least 4 members (excludes halogenated alkanes) is 1. The van der Waals surface area contributed by atoms with Gasteiger partial charge in [0.15, 0.2) is 11.4 Å². The fourth-order valence-electron chi connectivity index (χ4n) is 7.78. The largest absolute Gasteiger partial charge is 0.508 e. The minimum Gasteiger partial charge on any atom is -0.508 e. The van der Waals surface area contributed by atoms with E-state index in [0.717, 1.165) is 4.90 Å². The summed E-state index contributed by atoms with van der Waals surface area (Å²) in [5.74, 6) is -9.35. The molecule has 3 aliphatic rings. The number of phenols is 1. The predicted octanol–water partition coefficient (Wildman–Crippen LogP) is 1.95. The number of anilines is 2. The number of carbonyl (C=O) groups is 6. The number of fused-ring (bicyclic) bond motifs is 3. The van der Waals surface area contributed by atoms with Crippen LogP contribution in [0.15, 0.2) is 53.3 Å². The number of likely N-dealkylation sites (N-methyl/N-ethyl adjacent to an activating group) is 1. The van der Waals surface area contributed by atoms with Crippen LogP contribution in [0.4, 0.5) is 16.2 Å². The van der Waals surface area contributed by atoms with Gasteiger partial charge in [-0.15, -0.1) is 0 Å². The highest BCUT2D eigenvalue weighted by Gasteiger charge is 2.64. The first kappa shape index (κ1) is 41.2. The molecule has 5 rings (SSSR count). The SMILES string of the molecule is CCCCN(CC(=O)Nc1cc(N(C)C)c2c(c1O)C(O)=C1C(=O)[C@]3(O)C(O)=C(C(N)=O)C(=O)[C@@H](N(C)C)[C@@H]3C[C@@H]1C2)C(=O)OCOC(=O)Cc1ccccc1. The van der Waals surface area contributed by atoms with Crippen molar-refractivity contribution in [3.63, 3.8) is 0 Å². The molecular formula is C39H47N5O12. The lowest BCUT2D eigenvalue weighted by Gasteiger charge is -2.50. The molecule has 17 nitrogen and oxygen atoms in total. The molecule has 0 radical (unpaired) electrons. The summed E-state index contributed by atoms with van der Waals surface area (Å²) in [5, 5.41) is 49.0. The third-order valence-electron chi connectivity index (χ3n) is 10.4. The minimum atomic E-state index is -2.81. The van der Waals surface area contributed by atoms with Crippen LogP contribution < -0.4 is 16.0 Å². The van der Waals surface area contributed by atoms with E-state index in [2.05, 4.69) is 5.32 Å². The maximum atomic E-state index is 14.3. The number of aromatic hydroxyl groups is 1. The number of hydrogen-bond donors (Lipinski definition) is 6. The fourth-order valence-corrected chi connectivity index (χ4v) is 7.78. The number of phenolic OH excluding ortho intramolecular Hbond substituents is 1. The van der Waals surface area contributed by atoms with Crippen molar-refractivity contribution in [2.45, 2.75) is 50.7 Å². The van der Waals surface area contributed by atoms with Crippen molar-refractivity contribution in [1.82, 2.24) is 9.80 Å². The number of hydrogen-bond acceptors (Lipinski definition) is 14. The van der Waals surface area contributed by atoms with Gasteiger partial charge in [0.2, 0.25) is 18.5 Å². The molecule has 17 heteroatoms. The number of esters is 1. The molecule has 4 atom stereocenters. The number of amides is 3. The van der Waals surface area contributed by atoms with Gasteiger partial charge in [-0.25, -0.2) is 4.79 Å². The third kappa shape index (κ3) is 7.64. The minimum absolute atomic E-state index is 0.0321. The molecule has 3 amide bonds. The fraction of sp³-hybridized carbons (Fsp3) is 0.436. The smallest absolute Gasteiger partial charge is 0.413 e. The lowest BCUT2D eigenvalue weighted by molar-refractivity contribution is -0.154. The van der Waals surface area contributed by atoms with Crippen LogP contribution in [0, 0.1) is 11.8 Å². The molecule has 0 spiro atoms. The molecule has 0 unspecified atom stereocenters. The molecule has 300 valence electrons. The maximum absolute atomic E-state index is 14.3. The number of primary amides is 1. The Bertz CT molecular complexity index is 2010. The first-order valence-corrected chi connectivity index (χ1v) is 18.1. The van der Waals surface area contributed by atoms with Crippen molar-refractivity contribution < 1.29 is 58.7 Å². The van der Waals surface area contributed by atoms with Gasteiger partial charge < -0.3 is 45.9 Å². The number of carbonyl (C=O) groups excluding carboxylic acids is 6. The van der Waals surface area contributed by atoms with Crippen LogP contribution in [0.3, 0.4) is 0 Å². The monoisotopic (exact) mass is 777 g/mol. The zero-order chi connectivity index (χ0) is 41.2. The molecule has 0 bridgehead atoms. The van der Waals surface area contributed by atoms with E-state index in [1.54, 1.807) is 49.3 Å². The van der Waals surface area contributed by atoms with Gasteiger partial charge in [0, 0.05) is 37.8 Å². The van der Waals surface area contributed by atoms with Gasteiger partial charge in [-0.3, -0.25) is 33.8 Å². The summed E-state index contributed by atoms with van der Waals surface area (Å²) in [6.45, 7) is 0.776. The Labute approximate surface area is 322 Å². The Morgan fingerprint density at radius 3 is 2.30 bits per heavy atom. The Morgan fingerprint density at radius 1 is 1.02 bits per heavy atom. The summed E-state index contributed by atoms with van der Waals surface area (Å²) < 4.78 is 10.2. The number of aliphatic hydroxyl groups is 3. The average Bonchev–Trinajstić information content (AvgIpc) is 3.12. The van der Waals surface area contributed by atoms with Crippen molar-refractivity contribution in [2.24, 2.45) is 17.6 Å². The van der Waals surface area contributed by atoms with E-state index < -0.39 is 95.1 Å². The van der Waals surface area contributed by atoms with Gasteiger partial charge in [-0.05, 0) is 56.5 Å². The van der Waals surface area contributed by atoms with Crippen LogP contribution in [0.5, 0.6) is 5.75 Å². The van der Waals surface area contributed by atoms with E-state index in [0.29, 0.717) is 29.7 Å². The van der Waals surface area contributed by atoms with Crippen molar-refractivity contribution in [1.29, 1.82) is 0 Å². The molecule has 56 heavy (non-hydrogen) atoms.